The van der Waals surface area contributed by atoms with Gasteiger partial charge in [-0.15, -0.1) is 0 Å². The molecule has 15 heavy (non-hydrogen) atoms. The molecule has 0 aliphatic carbocycles. The van der Waals surface area contributed by atoms with Crippen LogP contribution < -0.4 is 0 Å². The number of aliphatic carboxylic acids is 1. The van der Waals surface area contributed by atoms with Gasteiger partial charge in [0.1, 0.15) is 0 Å². The molecular weight excluding hydrogens is 200 g/mol. The standard InChI is InChI=1S/C10H16O5/c1-3-4-5-9(13)15-10(14)7(2)6-8(11)12/h7H,3-6H2,1-2H3,(H,11,12). The number of rotatable bonds is 6. The highest BCUT2D eigenvalue weighted by Gasteiger charge is 2.20. The van der Waals surface area contributed by atoms with E-state index in [9.17, 15) is 14.4 Å². The summed E-state index contributed by atoms with van der Waals surface area (Å²) in [6.07, 6.45) is 1.38. The maximum absolute atomic E-state index is 11.1. The van der Waals surface area contributed by atoms with Gasteiger partial charge in [-0.25, -0.2) is 0 Å². The van der Waals surface area contributed by atoms with Gasteiger partial charge in [0.25, 0.3) is 0 Å². The maximum atomic E-state index is 11.1. The summed E-state index contributed by atoms with van der Waals surface area (Å²) < 4.78 is 4.47. The first-order valence-electron chi connectivity index (χ1n) is 4.93. The Morgan fingerprint density at radius 3 is 2.40 bits per heavy atom. The third kappa shape index (κ3) is 6.65. The predicted octanol–water partition coefficient (Wildman–Crippen LogP) is 1.36. The van der Waals surface area contributed by atoms with Gasteiger partial charge in [-0.2, -0.15) is 0 Å². The second-order valence-electron chi connectivity index (χ2n) is 3.40. The van der Waals surface area contributed by atoms with Crippen LogP contribution in [-0.4, -0.2) is 23.0 Å². The zero-order chi connectivity index (χ0) is 11.8. The number of hydrogen-bond donors (Lipinski definition) is 1. The highest BCUT2D eigenvalue weighted by Crippen LogP contribution is 2.06. The van der Waals surface area contributed by atoms with Crippen molar-refractivity contribution in [3.63, 3.8) is 0 Å². The van der Waals surface area contributed by atoms with Crippen molar-refractivity contribution in [1.29, 1.82) is 0 Å². The van der Waals surface area contributed by atoms with E-state index >= 15 is 0 Å². The summed E-state index contributed by atoms with van der Waals surface area (Å²) in [5.41, 5.74) is 0. The molecule has 0 saturated heterocycles. The Hall–Kier alpha value is -1.39. The maximum Gasteiger partial charge on any atom is 0.316 e. The van der Waals surface area contributed by atoms with Gasteiger partial charge >= 0.3 is 17.9 Å². The molecule has 0 aromatic carbocycles. The Labute approximate surface area is 88.4 Å². The number of carboxylic acid groups (broad SMARTS) is 1. The molecule has 0 fully saturated rings. The molecule has 0 heterocycles. The van der Waals surface area contributed by atoms with Gasteiger partial charge in [0.15, 0.2) is 0 Å². The molecule has 0 aliphatic heterocycles. The van der Waals surface area contributed by atoms with Gasteiger partial charge < -0.3 is 9.84 Å². The van der Waals surface area contributed by atoms with E-state index < -0.39 is 23.8 Å². The molecule has 0 aromatic rings. The first kappa shape index (κ1) is 13.6. The summed E-state index contributed by atoms with van der Waals surface area (Å²) in [7, 11) is 0. The van der Waals surface area contributed by atoms with Crippen LogP contribution in [0.3, 0.4) is 0 Å². The molecule has 5 nitrogen and oxygen atoms in total. The first-order chi connectivity index (χ1) is 6.97. The van der Waals surface area contributed by atoms with E-state index in [-0.39, 0.29) is 12.8 Å². The Bertz CT molecular complexity index is 246. The van der Waals surface area contributed by atoms with Gasteiger partial charge in [0.2, 0.25) is 0 Å². The molecule has 0 bridgehead atoms. The molecule has 0 saturated carbocycles. The molecular formula is C10H16O5. The van der Waals surface area contributed by atoms with E-state index in [2.05, 4.69) is 4.74 Å². The van der Waals surface area contributed by atoms with Crippen LogP contribution in [0.2, 0.25) is 0 Å². The van der Waals surface area contributed by atoms with Crippen molar-refractivity contribution in [2.45, 2.75) is 39.5 Å². The molecule has 5 heteroatoms. The SMILES string of the molecule is CCCCC(=O)OC(=O)C(C)CC(=O)O. The normalized spacial score (nSPS) is 11.9. The van der Waals surface area contributed by atoms with E-state index in [4.69, 9.17) is 5.11 Å². The van der Waals surface area contributed by atoms with Gasteiger partial charge in [-0.3, -0.25) is 14.4 Å². The Kier molecular flexibility index (Phi) is 6.33. The lowest BCUT2D eigenvalue weighted by molar-refractivity contribution is -0.164. The number of carbonyl (C=O) groups is 3. The fraction of sp³-hybridized carbons (Fsp3) is 0.700. The number of carboxylic acids is 1. The fourth-order valence-corrected chi connectivity index (χ4v) is 0.930. The lowest BCUT2D eigenvalue weighted by atomic mass is 10.1. The molecule has 0 aliphatic rings. The van der Waals surface area contributed by atoms with E-state index in [1.807, 2.05) is 6.92 Å². The van der Waals surface area contributed by atoms with E-state index in [1.54, 1.807) is 0 Å². The number of carbonyl (C=O) groups excluding carboxylic acids is 2. The Balaban J connectivity index is 3.90. The lowest BCUT2D eigenvalue weighted by Crippen LogP contribution is -2.21. The van der Waals surface area contributed by atoms with Crippen molar-refractivity contribution in [3.05, 3.63) is 0 Å². The Morgan fingerprint density at radius 1 is 1.33 bits per heavy atom. The van der Waals surface area contributed by atoms with Crippen molar-refractivity contribution in [3.8, 4) is 0 Å². The van der Waals surface area contributed by atoms with Crippen LogP contribution in [0.1, 0.15) is 39.5 Å². The highest BCUT2D eigenvalue weighted by molar-refractivity contribution is 5.88. The lowest BCUT2D eigenvalue weighted by Gasteiger charge is -2.07. The molecule has 86 valence electrons. The average molecular weight is 216 g/mol. The summed E-state index contributed by atoms with van der Waals surface area (Å²) in [6, 6.07) is 0. The van der Waals surface area contributed by atoms with Crippen LogP contribution in [-0.2, 0) is 19.1 Å². The van der Waals surface area contributed by atoms with Crippen molar-refractivity contribution < 1.29 is 24.2 Å². The molecule has 1 unspecified atom stereocenters. The third-order valence-corrected chi connectivity index (χ3v) is 1.83. The number of ether oxygens (including phenoxy) is 1. The fourth-order valence-electron chi connectivity index (χ4n) is 0.930. The summed E-state index contributed by atoms with van der Waals surface area (Å²) in [5.74, 6) is -3.22. The number of hydrogen-bond acceptors (Lipinski definition) is 4. The molecule has 0 rings (SSSR count). The minimum Gasteiger partial charge on any atom is -0.481 e. The minimum absolute atomic E-state index is 0.196. The smallest absolute Gasteiger partial charge is 0.316 e. The summed E-state index contributed by atoms with van der Waals surface area (Å²) in [6.45, 7) is 3.34. The predicted molar refractivity (Wildman–Crippen MR) is 52.0 cm³/mol. The zero-order valence-corrected chi connectivity index (χ0v) is 8.99. The van der Waals surface area contributed by atoms with E-state index in [0.29, 0.717) is 6.42 Å². The molecule has 0 radical (unpaired) electrons. The van der Waals surface area contributed by atoms with Crippen LogP contribution in [0, 0.1) is 5.92 Å². The van der Waals surface area contributed by atoms with Crippen LogP contribution >= 0.6 is 0 Å². The molecule has 1 atom stereocenters. The van der Waals surface area contributed by atoms with E-state index in [0.717, 1.165) is 6.42 Å². The molecule has 0 amide bonds. The van der Waals surface area contributed by atoms with Crippen molar-refractivity contribution in [1.82, 2.24) is 0 Å². The Morgan fingerprint density at radius 2 is 1.93 bits per heavy atom. The van der Waals surface area contributed by atoms with Gasteiger partial charge in [0.05, 0.1) is 12.3 Å². The van der Waals surface area contributed by atoms with Crippen LogP contribution in [0.4, 0.5) is 0 Å². The van der Waals surface area contributed by atoms with Crippen LogP contribution in [0.5, 0.6) is 0 Å². The van der Waals surface area contributed by atoms with Crippen molar-refractivity contribution in [2.24, 2.45) is 5.92 Å². The zero-order valence-electron chi connectivity index (χ0n) is 8.99. The van der Waals surface area contributed by atoms with Crippen molar-refractivity contribution in [2.75, 3.05) is 0 Å². The number of unbranched alkanes of at least 4 members (excludes halogenated alkanes) is 1. The van der Waals surface area contributed by atoms with E-state index in [1.165, 1.54) is 6.92 Å². The van der Waals surface area contributed by atoms with Crippen LogP contribution in [0.15, 0.2) is 0 Å². The molecule has 1 N–H and O–H groups in total. The quantitative estimate of drug-likeness (QED) is 0.535. The highest BCUT2D eigenvalue weighted by atomic mass is 16.6. The van der Waals surface area contributed by atoms with Gasteiger partial charge in [-0.1, -0.05) is 20.3 Å². The van der Waals surface area contributed by atoms with Crippen molar-refractivity contribution >= 4 is 17.9 Å². The minimum atomic E-state index is -1.08. The summed E-state index contributed by atoms with van der Waals surface area (Å²) >= 11 is 0. The van der Waals surface area contributed by atoms with Crippen LogP contribution in [0.25, 0.3) is 0 Å². The van der Waals surface area contributed by atoms with Gasteiger partial charge in [0, 0.05) is 6.42 Å². The first-order valence-corrected chi connectivity index (χ1v) is 4.93. The number of esters is 2. The second-order valence-corrected chi connectivity index (χ2v) is 3.40. The molecule has 0 spiro atoms. The second kappa shape index (κ2) is 6.98. The molecule has 0 aromatic heterocycles. The third-order valence-electron chi connectivity index (χ3n) is 1.83. The monoisotopic (exact) mass is 216 g/mol. The largest absolute Gasteiger partial charge is 0.481 e. The summed E-state index contributed by atoms with van der Waals surface area (Å²) in [5, 5.41) is 8.42. The average Bonchev–Trinajstić information content (AvgIpc) is 2.13. The summed E-state index contributed by atoms with van der Waals surface area (Å²) in [4.78, 5) is 32.4. The van der Waals surface area contributed by atoms with Gasteiger partial charge in [-0.05, 0) is 6.42 Å². The topological polar surface area (TPSA) is 80.7 Å².